The van der Waals surface area contributed by atoms with Crippen molar-refractivity contribution in [2.75, 3.05) is 26.6 Å². The van der Waals surface area contributed by atoms with Crippen molar-refractivity contribution in [1.82, 2.24) is 4.98 Å². The van der Waals surface area contributed by atoms with E-state index < -0.39 is 23.9 Å². The molecule has 1 rings (SSSR count). The number of nitrogens with one attached hydrogen (secondary N) is 1. The lowest BCUT2D eigenvalue weighted by Gasteiger charge is -2.17. The summed E-state index contributed by atoms with van der Waals surface area (Å²) in [5, 5.41) is 2.25. The van der Waals surface area contributed by atoms with Crippen molar-refractivity contribution in [1.29, 1.82) is 0 Å². The summed E-state index contributed by atoms with van der Waals surface area (Å²) < 4.78 is 52.9. The van der Waals surface area contributed by atoms with Crippen molar-refractivity contribution in [2.24, 2.45) is 0 Å². The lowest BCUT2D eigenvalue weighted by Crippen LogP contribution is -2.23. The van der Waals surface area contributed by atoms with Gasteiger partial charge in [0.25, 0.3) is 5.91 Å². The minimum atomic E-state index is -4.53. The Kier molecular flexibility index (Phi) is 6.52. The lowest BCUT2D eigenvalue weighted by molar-refractivity contribution is -0.137. The van der Waals surface area contributed by atoms with E-state index in [1.165, 1.54) is 28.3 Å². The molecule has 0 aromatic carbocycles. The van der Waals surface area contributed by atoms with Crippen LogP contribution in [-0.2, 0) is 25.2 Å². The van der Waals surface area contributed by atoms with Gasteiger partial charge in [-0.25, -0.2) is 4.98 Å². The van der Waals surface area contributed by atoms with E-state index in [-0.39, 0.29) is 11.6 Å². The van der Waals surface area contributed by atoms with Crippen LogP contribution in [0.5, 0.6) is 0 Å². The minimum Gasteiger partial charge on any atom is -0.491 e. The molecule has 0 atom stereocenters. The van der Waals surface area contributed by atoms with Crippen molar-refractivity contribution < 1.29 is 32.2 Å². The second kappa shape index (κ2) is 7.93. The molecule has 0 aliphatic rings. The van der Waals surface area contributed by atoms with Gasteiger partial charge < -0.3 is 19.5 Å². The smallest absolute Gasteiger partial charge is 0.416 e. The zero-order valence-corrected chi connectivity index (χ0v) is 13.0. The number of methoxy groups -OCH3 is 3. The van der Waals surface area contributed by atoms with Crippen LogP contribution in [0, 0.1) is 0 Å². The maximum atomic E-state index is 12.6. The third-order valence-electron chi connectivity index (χ3n) is 2.88. The third kappa shape index (κ3) is 4.93. The molecule has 6 nitrogen and oxygen atoms in total. The molecule has 0 spiro atoms. The highest BCUT2D eigenvalue weighted by Gasteiger charge is 2.31. The molecule has 0 saturated carbocycles. The van der Waals surface area contributed by atoms with Gasteiger partial charge in [0, 0.05) is 26.0 Å². The van der Waals surface area contributed by atoms with Crippen molar-refractivity contribution in [2.45, 2.75) is 19.4 Å². The molecule has 0 unspecified atom stereocenters. The molecule has 0 fully saturated rings. The van der Waals surface area contributed by atoms with Gasteiger partial charge in [0.2, 0.25) is 0 Å². The fraction of sp³-hybridized carbons (Fsp3) is 0.429. The number of carbonyl (C=O) groups is 1. The topological polar surface area (TPSA) is 69.7 Å². The summed E-state index contributed by atoms with van der Waals surface area (Å²) >= 11 is 0. The van der Waals surface area contributed by atoms with Gasteiger partial charge in [-0.3, -0.25) is 4.79 Å². The van der Waals surface area contributed by atoms with E-state index in [2.05, 4.69) is 10.3 Å². The van der Waals surface area contributed by atoms with Crippen LogP contribution in [0.25, 0.3) is 0 Å². The number of aromatic nitrogens is 1. The van der Waals surface area contributed by atoms with E-state index in [1.54, 1.807) is 0 Å². The van der Waals surface area contributed by atoms with Gasteiger partial charge in [0.1, 0.15) is 5.82 Å². The van der Waals surface area contributed by atoms with Gasteiger partial charge in [-0.1, -0.05) is 0 Å². The number of halogens is 3. The van der Waals surface area contributed by atoms with Gasteiger partial charge in [0.15, 0.2) is 12.0 Å². The number of hydrogen-bond acceptors (Lipinski definition) is 5. The Morgan fingerprint density at radius 2 is 1.87 bits per heavy atom. The first-order valence-electron chi connectivity index (χ1n) is 6.39. The molecule has 0 aliphatic heterocycles. The number of carbonyl (C=O) groups excluding carboxylic acids is 1. The van der Waals surface area contributed by atoms with Crippen LogP contribution in [-0.4, -0.2) is 38.5 Å². The first kappa shape index (κ1) is 18.9. The average Bonchev–Trinajstić information content (AvgIpc) is 2.48. The molecular formula is C14H17F3N2O4. The summed E-state index contributed by atoms with van der Waals surface area (Å²) in [5.74, 6) is -1.16. The minimum absolute atomic E-state index is 0.141. The van der Waals surface area contributed by atoms with E-state index in [0.29, 0.717) is 5.57 Å². The predicted octanol–water partition coefficient (Wildman–Crippen LogP) is 2.58. The SMILES string of the molecule is COC(C(=O)Nc1cc(C(F)(F)F)ccn1)=C(C)C(OC)OC. The van der Waals surface area contributed by atoms with Gasteiger partial charge in [-0.15, -0.1) is 0 Å². The largest absolute Gasteiger partial charge is 0.491 e. The van der Waals surface area contributed by atoms with E-state index >= 15 is 0 Å². The lowest BCUT2D eigenvalue weighted by atomic mass is 10.2. The average molecular weight is 334 g/mol. The van der Waals surface area contributed by atoms with Crippen LogP contribution < -0.4 is 5.32 Å². The summed E-state index contributed by atoms with van der Waals surface area (Å²) in [5.41, 5.74) is -0.601. The highest BCUT2D eigenvalue weighted by atomic mass is 19.4. The second-order valence-electron chi connectivity index (χ2n) is 4.40. The molecule has 1 aromatic rings. The van der Waals surface area contributed by atoms with Crippen LogP contribution in [0.4, 0.5) is 19.0 Å². The Labute approximate surface area is 131 Å². The van der Waals surface area contributed by atoms with Gasteiger partial charge >= 0.3 is 6.18 Å². The summed E-state index contributed by atoms with van der Waals surface area (Å²) in [7, 11) is 3.99. The quantitative estimate of drug-likeness (QED) is 0.492. The van der Waals surface area contributed by atoms with Crippen molar-refractivity contribution in [3.05, 3.63) is 35.2 Å². The summed E-state index contributed by atoms with van der Waals surface area (Å²) in [4.78, 5) is 15.8. The number of hydrogen-bond donors (Lipinski definition) is 1. The van der Waals surface area contributed by atoms with E-state index in [0.717, 1.165) is 18.3 Å². The van der Waals surface area contributed by atoms with Crippen LogP contribution in [0.1, 0.15) is 12.5 Å². The van der Waals surface area contributed by atoms with Crippen molar-refractivity contribution in [3.8, 4) is 0 Å². The summed E-state index contributed by atoms with van der Waals surface area (Å²) in [6.07, 6.45) is -4.41. The molecule has 1 amide bonds. The van der Waals surface area contributed by atoms with Gasteiger partial charge in [0.05, 0.1) is 12.7 Å². The fourth-order valence-corrected chi connectivity index (χ4v) is 1.84. The highest BCUT2D eigenvalue weighted by Crippen LogP contribution is 2.30. The van der Waals surface area contributed by atoms with Gasteiger partial charge in [-0.2, -0.15) is 13.2 Å². The third-order valence-corrected chi connectivity index (χ3v) is 2.88. The van der Waals surface area contributed by atoms with Crippen molar-refractivity contribution in [3.63, 3.8) is 0 Å². The second-order valence-corrected chi connectivity index (χ2v) is 4.40. The maximum Gasteiger partial charge on any atom is 0.416 e. The highest BCUT2D eigenvalue weighted by molar-refractivity contribution is 6.02. The molecule has 0 radical (unpaired) electrons. The van der Waals surface area contributed by atoms with E-state index in [9.17, 15) is 18.0 Å². The van der Waals surface area contributed by atoms with Crippen LogP contribution in [0.3, 0.4) is 0 Å². The molecule has 128 valence electrons. The fourth-order valence-electron chi connectivity index (χ4n) is 1.84. The van der Waals surface area contributed by atoms with Crippen LogP contribution >= 0.6 is 0 Å². The predicted molar refractivity (Wildman–Crippen MR) is 75.4 cm³/mol. The first-order valence-corrected chi connectivity index (χ1v) is 6.39. The molecular weight excluding hydrogens is 317 g/mol. The molecule has 1 aromatic heterocycles. The Morgan fingerprint density at radius 3 is 2.35 bits per heavy atom. The maximum absolute atomic E-state index is 12.6. The molecule has 9 heteroatoms. The number of ether oxygens (including phenoxy) is 3. The van der Waals surface area contributed by atoms with Crippen LogP contribution in [0.2, 0.25) is 0 Å². The zero-order chi connectivity index (χ0) is 17.6. The molecule has 1 N–H and O–H groups in total. The van der Waals surface area contributed by atoms with E-state index in [4.69, 9.17) is 14.2 Å². The Hall–Kier alpha value is -2.13. The molecule has 0 aliphatic carbocycles. The number of amides is 1. The number of alkyl halides is 3. The van der Waals surface area contributed by atoms with Crippen molar-refractivity contribution >= 4 is 11.7 Å². The van der Waals surface area contributed by atoms with Crippen LogP contribution in [0.15, 0.2) is 29.7 Å². The van der Waals surface area contributed by atoms with Gasteiger partial charge in [-0.05, 0) is 19.1 Å². The number of pyridine rings is 1. The number of nitrogens with zero attached hydrogens (tertiary/aromatic N) is 1. The molecule has 23 heavy (non-hydrogen) atoms. The standard InChI is InChI=1S/C14H17F3N2O4/c1-8(13(22-3)23-4)11(21-2)12(20)19-10-7-9(5-6-18-10)14(15,16)17/h5-7,13H,1-4H3,(H,18,19,20). The monoisotopic (exact) mass is 334 g/mol. The Balaban J connectivity index is 3.04. The zero-order valence-electron chi connectivity index (χ0n) is 13.0. The molecule has 0 bridgehead atoms. The molecule has 0 saturated heterocycles. The summed E-state index contributed by atoms with van der Waals surface area (Å²) in [6, 6.07) is 1.53. The summed E-state index contributed by atoms with van der Waals surface area (Å²) in [6.45, 7) is 1.54. The molecule has 1 heterocycles. The Bertz CT molecular complexity index is 584. The Morgan fingerprint density at radius 1 is 1.26 bits per heavy atom. The normalized spacial score (nSPS) is 12.9. The number of rotatable bonds is 6. The first-order chi connectivity index (χ1) is 10.7. The number of anilines is 1. The van der Waals surface area contributed by atoms with E-state index in [1.807, 2.05) is 0 Å².